The highest BCUT2D eigenvalue weighted by atomic mass is 19.1. The Morgan fingerprint density at radius 1 is 1.17 bits per heavy atom. The predicted molar refractivity (Wildman–Crippen MR) is 180 cm³/mol. The van der Waals surface area contributed by atoms with Gasteiger partial charge in [-0.15, -0.1) is 0 Å². The van der Waals surface area contributed by atoms with Crippen molar-refractivity contribution in [2.75, 3.05) is 30.3 Å². The normalized spacial score (nSPS) is 13.7. The molecule has 0 unspecified atom stereocenters. The number of pyridine rings is 1. The maximum absolute atomic E-state index is 15.2. The van der Waals surface area contributed by atoms with Crippen LogP contribution >= 0.6 is 0 Å². The van der Waals surface area contributed by atoms with Crippen LogP contribution in [0.4, 0.5) is 27.3 Å². The Morgan fingerprint density at radius 2 is 1.98 bits per heavy atom. The Kier molecular flexibility index (Phi) is 9.98. The third-order valence-corrected chi connectivity index (χ3v) is 6.66. The topological polar surface area (TPSA) is 149 Å². The number of nitrogens with one attached hydrogen (secondary N) is 2. The van der Waals surface area contributed by atoms with Crippen LogP contribution in [0.3, 0.4) is 0 Å². The van der Waals surface area contributed by atoms with Gasteiger partial charge in [0.15, 0.2) is 5.88 Å². The van der Waals surface area contributed by atoms with E-state index in [1.807, 2.05) is 13.0 Å². The van der Waals surface area contributed by atoms with E-state index in [-0.39, 0.29) is 35.1 Å². The molecule has 0 bridgehead atoms. The molecule has 4 aromatic rings. The number of amides is 1. The fourth-order valence-corrected chi connectivity index (χ4v) is 4.52. The largest absolute Gasteiger partial charge is 0.501 e. The van der Waals surface area contributed by atoms with Crippen LogP contribution in [-0.4, -0.2) is 86.5 Å². The molecule has 6 radical (unpaired) electrons. The molecule has 5 rings (SSSR count). The summed E-state index contributed by atoms with van der Waals surface area (Å²) >= 11 is 0. The molecular formula is C31H28B3FN8O4. The van der Waals surface area contributed by atoms with Gasteiger partial charge in [-0.05, 0) is 42.6 Å². The van der Waals surface area contributed by atoms with Crippen molar-refractivity contribution in [2.45, 2.75) is 18.3 Å². The zero-order valence-electron chi connectivity index (χ0n) is 25.4. The molecule has 0 aliphatic carbocycles. The summed E-state index contributed by atoms with van der Waals surface area (Å²) in [6.07, 6.45) is 6.87. The molecule has 1 amide bonds. The predicted octanol–water partition coefficient (Wildman–Crippen LogP) is 3.19. The summed E-state index contributed by atoms with van der Waals surface area (Å²) in [5.41, 5.74) is 7.86. The van der Waals surface area contributed by atoms with Crippen LogP contribution in [0.2, 0.25) is 0 Å². The Labute approximate surface area is 274 Å². The third kappa shape index (κ3) is 8.60. The molecule has 0 spiro atoms. The minimum atomic E-state index is -1.85. The van der Waals surface area contributed by atoms with Crippen LogP contribution in [0.1, 0.15) is 6.92 Å². The van der Waals surface area contributed by atoms with Crippen LogP contribution in [-0.2, 0) is 4.79 Å². The first-order chi connectivity index (χ1) is 22.5. The zero-order chi connectivity index (χ0) is 33.6. The van der Waals surface area contributed by atoms with Gasteiger partial charge in [-0.25, -0.2) is 19.3 Å². The Hall–Kier alpha value is -5.53. The molecule has 1 aliphatic heterocycles. The Morgan fingerprint density at radius 3 is 2.66 bits per heavy atom. The average Bonchev–Trinajstić information content (AvgIpc) is 3.00. The van der Waals surface area contributed by atoms with E-state index in [1.165, 1.54) is 49.1 Å². The summed E-state index contributed by atoms with van der Waals surface area (Å²) in [6, 6.07) is 11.0. The summed E-state index contributed by atoms with van der Waals surface area (Å²) in [5, 5.41) is 5.24. The number of ether oxygens (including phenoxy) is 3. The maximum Gasteiger partial charge on any atom is 0.246 e. The summed E-state index contributed by atoms with van der Waals surface area (Å²) in [7, 11) is 16.2. The van der Waals surface area contributed by atoms with Crippen molar-refractivity contribution in [1.82, 2.24) is 19.9 Å². The van der Waals surface area contributed by atoms with Crippen LogP contribution in [0, 0.1) is 5.82 Å². The van der Waals surface area contributed by atoms with Gasteiger partial charge in [0, 0.05) is 49.0 Å². The molecule has 47 heavy (non-hydrogen) atoms. The van der Waals surface area contributed by atoms with Gasteiger partial charge in [0.05, 0.1) is 41.4 Å². The molecule has 1 aliphatic rings. The lowest BCUT2D eigenvalue weighted by atomic mass is 9.52. The minimum Gasteiger partial charge on any atom is -0.501 e. The summed E-state index contributed by atoms with van der Waals surface area (Å²) in [4.78, 5) is 30.4. The van der Waals surface area contributed by atoms with Gasteiger partial charge in [0.25, 0.3) is 0 Å². The number of rotatable bonds is 13. The zero-order valence-corrected chi connectivity index (χ0v) is 25.4. The van der Waals surface area contributed by atoms with E-state index in [9.17, 15) is 4.79 Å². The lowest BCUT2D eigenvalue weighted by molar-refractivity contribution is -0.129. The second kappa shape index (κ2) is 14.3. The number of anilines is 3. The number of hydrogen-bond donors (Lipinski definition) is 3. The SMILES string of the molecule is [B]C([B])([B])Oc1ccc(N=C/C=C(\N)Oc2ccc(Nc3ncnc4cc(OCC)c(NC5CN(C(=O)C=C)C5)cc34)c(F)c2)cn1. The van der Waals surface area contributed by atoms with E-state index in [0.29, 0.717) is 53.5 Å². The van der Waals surface area contributed by atoms with Crippen molar-refractivity contribution in [3.05, 3.63) is 85.4 Å². The van der Waals surface area contributed by atoms with Crippen molar-refractivity contribution in [3.63, 3.8) is 0 Å². The van der Waals surface area contributed by atoms with E-state index in [2.05, 4.69) is 37.2 Å². The highest BCUT2D eigenvalue weighted by Gasteiger charge is 2.30. The molecule has 4 N–H and O–H groups in total. The van der Waals surface area contributed by atoms with E-state index in [0.717, 1.165) is 0 Å². The van der Waals surface area contributed by atoms with E-state index in [4.69, 9.17) is 43.5 Å². The number of carbonyl (C=O) groups excluding carboxylic acids is 1. The second-order valence-electron chi connectivity index (χ2n) is 10.3. The summed E-state index contributed by atoms with van der Waals surface area (Å²) < 4.78 is 31.6. The van der Waals surface area contributed by atoms with E-state index in [1.54, 1.807) is 23.1 Å². The van der Waals surface area contributed by atoms with Crippen molar-refractivity contribution >= 4 is 69.4 Å². The van der Waals surface area contributed by atoms with Crippen molar-refractivity contribution in [2.24, 2.45) is 10.7 Å². The summed E-state index contributed by atoms with van der Waals surface area (Å²) in [6.45, 7) is 6.91. The number of nitrogens with zero attached hydrogens (tertiary/aromatic N) is 5. The molecule has 0 atom stereocenters. The van der Waals surface area contributed by atoms with E-state index >= 15 is 4.39 Å². The molecule has 1 saturated heterocycles. The molecule has 1 fully saturated rings. The number of fused-ring (bicyclic) bond motifs is 1. The fraction of sp³-hybridized carbons (Fsp3) is 0.194. The molecule has 232 valence electrons. The van der Waals surface area contributed by atoms with Crippen molar-refractivity contribution < 1.29 is 23.4 Å². The second-order valence-corrected chi connectivity index (χ2v) is 10.3. The lowest BCUT2D eigenvalue weighted by Crippen LogP contribution is -2.56. The molecule has 2 aromatic heterocycles. The number of aromatic nitrogens is 3. The van der Waals surface area contributed by atoms with Crippen molar-refractivity contribution in [1.29, 1.82) is 0 Å². The monoisotopic (exact) mass is 628 g/mol. The molecule has 3 heterocycles. The van der Waals surface area contributed by atoms with Gasteiger partial charge in [-0.3, -0.25) is 9.79 Å². The van der Waals surface area contributed by atoms with Gasteiger partial charge in [-0.2, -0.15) is 0 Å². The number of carbonyl (C=O) groups is 1. The summed E-state index contributed by atoms with van der Waals surface area (Å²) in [5.74, 6) is 0.511. The maximum atomic E-state index is 15.2. The third-order valence-electron chi connectivity index (χ3n) is 6.66. The van der Waals surface area contributed by atoms with Crippen LogP contribution < -0.4 is 30.6 Å². The first-order valence-electron chi connectivity index (χ1n) is 14.4. The number of aliphatic imine (C=N–C) groups is 1. The molecule has 0 saturated carbocycles. The van der Waals surface area contributed by atoms with Gasteiger partial charge < -0.3 is 35.5 Å². The van der Waals surface area contributed by atoms with Gasteiger partial charge in [0.2, 0.25) is 11.8 Å². The lowest BCUT2D eigenvalue weighted by Gasteiger charge is -2.39. The van der Waals surface area contributed by atoms with Crippen LogP contribution in [0.5, 0.6) is 17.4 Å². The van der Waals surface area contributed by atoms with Gasteiger partial charge >= 0.3 is 0 Å². The number of allylic oxidation sites excluding steroid dienone is 1. The fourth-order valence-electron chi connectivity index (χ4n) is 4.52. The van der Waals surface area contributed by atoms with Crippen molar-refractivity contribution in [3.8, 4) is 17.4 Å². The molecule has 12 nitrogen and oxygen atoms in total. The molecule has 16 heteroatoms. The first kappa shape index (κ1) is 32.9. The highest BCUT2D eigenvalue weighted by molar-refractivity contribution is 6.58. The first-order valence-corrected chi connectivity index (χ1v) is 14.4. The minimum absolute atomic E-state index is 0.0223. The highest BCUT2D eigenvalue weighted by Crippen LogP contribution is 2.35. The smallest absolute Gasteiger partial charge is 0.246 e. The molecule has 2 aromatic carbocycles. The molecular weight excluding hydrogens is 600 g/mol. The Bertz CT molecular complexity index is 1830. The standard InChI is InChI=1S/C31H28B3FN8O4/c1-3-29(44)43-15-19(16-43)41-25-12-21-24(13-26(25)45-4-2)39-17-40-30(21)42-23-7-6-20(11-22(23)35)46-27(36)9-10-37-18-5-8-28(38-14-18)47-31(32,33)34/h3,5-14,17,19,41H,1,4,15-16,36H2,2H3,(H,39,40,42)/b27-9+,37-10?. The van der Waals surface area contributed by atoms with Gasteiger partial charge in [-0.1, -0.05) is 6.58 Å². The average molecular weight is 628 g/mol. The van der Waals surface area contributed by atoms with Gasteiger partial charge in [0.1, 0.15) is 53.0 Å². The van der Waals surface area contributed by atoms with E-state index < -0.39 is 11.1 Å². The number of nitrogens with two attached hydrogens (primary N) is 1. The Balaban J connectivity index is 1.26. The van der Waals surface area contributed by atoms with Crippen LogP contribution in [0.15, 0.2) is 84.6 Å². The number of hydrogen-bond acceptors (Lipinski definition) is 11. The quantitative estimate of drug-likeness (QED) is 0.0873. The van der Waals surface area contributed by atoms with Crippen LogP contribution in [0.25, 0.3) is 10.9 Å². The number of halogens is 1. The number of likely N-dealkylation sites (tertiary alicyclic amines) is 1. The number of benzene rings is 2.